The second-order valence-corrected chi connectivity index (χ2v) is 12.9. The molecule has 0 unspecified atom stereocenters. The number of ketones is 2. The monoisotopic (exact) mass is 538 g/mol. The van der Waals surface area contributed by atoms with E-state index < -0.39 is 48.7 Å². The molecule has 5 fully saturated rings. The van der Waals surface area contributed by atoms with Gasteiger partial charge in [-0.25, -0.2) is 4.79 Å². The molecule has 4 saturated carbocycles. The molecule has 4 aliphatic carbocycles. The molecule has 0 aromatic heterocycles. The molecule has 5 rings (SSSR count). The highest BCUT2D eigenvalue weighted by Crippen LogP contribution is 2.66. The molecule has 0 bridgehead atoms. The number of ether oxygens (including phenoxy) is 3. The number of aliphatic hydroxyl groups is 4. The van der Waals surface area contributed by atoms with E-state index in [1.807, 2.05) is 0 Å². The van der Waals surface area contributed by atoms with Crippen molar-refractivity contribution in [1.29, 1.82) is 0 Å². The van der Waals surface area contributed by atoms with Crippen molar-refractivity contribution in [3.05, 3.63) is 0 Å². The van der Waals surface area contributed by atoms with Crippen molar-refractivity contribution in [3.8, 4) is 0 Å². The van der Waals surface area contributed by atoms with E-state index in [0.29, 0.717) is 18.8 Å². The Bertz CT molecular complexity index is 954. The van der Waals surface area contributed by atoms with Gasteiger partial charge in [0, 0.05) is 18.3 Å². The topological polar surface area (TPSA) is 160 Å². The summed E-state index contributed by atoms with van der Waals surface area (Å²) >= 11 is 0. The van der Waals surface area contributed by atoms with Crippen molar-refractivity contribution in [2.45, 2.75) is 102 Å². The van der Waals surface area contributed by atoms with Crippen LogP contribution >= 0.6 is 0 Å². The molecule has 0 aromatic rings. The van der Waals surface area contributed by atoms with E-state index in [2.05, 4.69) is 18.6 Å². The normalized spacial score (nSPS) is 50.5. The third-order valence-electron chi connectivity index (χ3n) is 11.1. The number of esters is 1. The zero-order valence-electron chi connectivity index (χ0n) is 22.5. The molecule has 5 aliphatic rings. The molecule has 1 saturated heterocycles. The van der Waals surface area contributed by atoms with Gasteiger partial charge < -0.3 is 34.6 Å². The average Bonchev–Trinajstić information content (AvgIpc) is 3.23. The van der Waals surface area contributed by atoms with Crippen LogP contribution in [0.15, 0.2) is 0 Å². The molecule has 38 heavy (non-hydrogen) atoms. The van der Waals surface area contributed by atoms with Gasteiger partial charge in [0.25, 0.3) is 0 Å². The fraction of sp³-hybridized carbons (Fsp3) is 0.893. The summed E-state index contributed by atoms with van der Waals surface area (Å²) in [6.07, 6.45) is -2.24. The van der Waals surface area contributed by atoms with Gasteiger partial charge in [-0.15, -0.1) is 0 Å². The quantitative estimate of drug-likeness (QED) is 0.368. The van der Waals surface area contributed by atoms with Crippen LogP contribution in [0, 0.1) is 40.4 Å². The summed E-state index contributed by atoms with van der Waals surface area (Å²) in [5.41, 5.74) is -0.575. The van der Waals surface area contributed by atoms with Crippen LogP contribution in [0.2, 0.25) is 0 Å². The summed E-state index contributed by atoms with van der Waals surface area (Å²) in [5, 5.41) is 40.8. The van der Waals surface area contributed by atoms with E-state index in [1.54, 1.807) is 0 Å². The number of aliphatic hydroxyl groups excluding tert-OH is 4. The van der Waals surface area contributed by atoms with Crippen LogP contribution in [0.1, 0.15) is 65.2 Å². The van der Waals surface area contributed by atoms with Gasteiger partial charge in [0.05, 0.1) is 13.2 Å². The Morgan fingerprint density at radius 3 is 2.42 bits per heavy atom. The summed E-state index contributed by atoms with van der Waals surface area (Å²) in [5.74, 6) is -0.457. The summed E-state index contributed by atoms with van der Waals surface area (Å²) < 4.78 is 15.5. The SMILES string of the molecule is COC(=O)[C@@H]1O[C@H](OCC(=O)[C@H]2CC[C@H]3[C@@H]4CC[C@H]5C[C@H](O)CC[C@]5(C)[C@H]4C(=O)C[C@]23C)[C@@H](O)[C@H](O)[C@H]1O. The molecule has 0 radical (unpaired) electrons. The molecule has 1 aliphatic heterocycles. The second kappa shape index (κ2) is 10.2. The van der Waals surface area contributed by atoms with E-state index in [4.69, 9.17) is 9.47 Å². The first-order valence-electron chi connectivity index (χ1n) is 14.0. The molecule has 10 nitrogen and oxygen atoms in total. The Hall–Kier alpha value is -1.43. The molecule has 13 atom stereocenters. The Balaban J connectivity index is 1.27. The minimum absolute atomic E-state index is 0.0223. The van der Waals surface area contributed by atoms with E-state index >= 15 is 0 Å². The lowest BCUT2D eigenvalue weighted by Crippen LogP contribution is -2.60. The summed E-state index contributed by atoms with van der Waals surface area (Å²) in [6.45, 7) is 3.89. The van der Waals surface area contributed by atoms with Gasteiger partial charge in [0.2, 0.25) is 0 Å². The van der Waals surface area contributed by atoms with Crippen LogP contribution in [0.5, 0.6) is 0 Å². The third-order valence-corrected chi connectivity index (χ3v) is 11.1. The number of methoxy groups -OCH3 is 1. The fourth-order valence-corrected chi connectivity index (χ4v) is 9.14. The lowest BCUT2D eigenvalue weighted by Gasteiger charge is -2.59. The van der Waals surface area contributed by atoms with Crippen LogP contribution in [0.4, 0.5) is 0 Å². The van der Waals surface area contributed by atoms with Crippen LogP contribution in [-0.2, 0) is 28.6 Å². The van der Waals surface area contributed by atoms with Gasteiger partial charge in [-0.3, -0.25) is 9.59 Å². The van der Waals surface area contributed by atoms with E-state index in [9.17, 15) is 34.8 Å². The van der Waals surface area contributed by atoms with Gasteiger partial charge in [0.1, 0.15) is 30.7 Å². The largest absolute Gasteiger partial charge is 0.467 e. The first kappa shape index (κ1) is 28.1. The predicted molar refractivity (Wildman–Crippen MR) is 131 cm³/mol. The van der Waals surface area contributed by atoms with Crippen LogP contribution in [-0.4, -0.2) is 88.5 Å². The maximum Gasteiger partial charge on any atom is 0.337 e. The summed E-state index contributed by atoms with van der Waals surface area (Å²) in [4.78, 5) is 39.2. The third kappa shape index (κ3) is 4.36. The van der Waals surface area contributed by atoms with Gasteiger partial charge in [0.15, 0.2) is 18.2 Å². The molecule has 4 N–H and O–H groups in total. The highest BCUT2D eigenvalue weighted by molar-refractivity contribution is 5.88. The lowest BCUT2D eigenvalue weighted by atomic mass is 9.44. The summed E-state index contributed by atoms with van der Waals surface area (Å²) in [6, 6.07) is 0. The zero-order chi connectivity index (χ0) is 27.6. The number of carbonyl (C=O) groups is 3. The minimum atomic E-state index is -1.72. The average molecular weight is 539 g/mol. The Morgan fingerprint density at radius 1 is 0.974 bits per heavy atom. The second-order valence-electron chi connectivity index (χ2n) is 12.9. The van der Waals surface area contributed by atoms with Crippen molar-refractivity contribution in [1.82, 2.24) is 0 Å². The van der Waals surface area contributed by atoms with E-state index in [0.717, 1.165) is 45.6 Å². The van der Waals surface area contributed by atoms with Crippen LogP contribution in [0.25, 0.3) is 0 Å². The Kier molecular flexibility index (Phi) is 7.54. The van der Waals surface area contributed by atoms with E-state index in [1.165, 1.54) is 0 Å². The molecule has 214 valence electrons. The van der Waals surface area contributed by atoms with Crippen molar-refractivity contribution < 1.29 is 49.0 Å². The zero-order valence-corrected chi connectivity index (χ0v) is 22.5. The summed E-state index contributed by atoms with van der Waals surface area (Å²) in [7, 11) is 1.10. The number of carbonyl (C=O) groups excluding carboxylic acids is 3. The Morgan fingerprint density at radius 2 is 1.71 bits per heavy atom. The predicted octanol–water partition coefficient (Wildman–Crippen LogP) is 0.752. The number of fused-ring (bicyclic) bond motifs is 5. The van der Waals surface area contributed by atoms with Crippen molar-refractivity contribution >= 4 is 17.5 Å². The molecule has 1 heterocycles. The molecule has 0 aromatic carbocycles. The number of Topliss-reactive ketones (excluding diaryl/α,β-unsaturated/α-hetero) is 2. The first-order chi connectivity index (χ1) is 17.9. The van der Waals surface area contributed by atoms with E-state index in [-0.39, 0.29) is 46.8 Å². The molecular weight excluding hydrogens is 496 g/mol. The smallest absolute Gasteiger partial charge is 0.337 e. The lowest BCUT2D eigenvalue weighted by molar-refractivity contribution is -0.293. The maximum atomic E-state index is 13.8. The number of rotatable bonds is 5. The van der Waals surface area contributed by atoms with Gasteiger partial charge in [-0.1, -0.05) is 13.8 Å². The van der Waals surface area contributed by atoms with Crippen molar-refractivity contribution in [3.63, 3.8) is 0 Å². The molecular formula is C28H42O10. The van der Waals surface area contributed by atoms with Gasteiger partial charge >= 0.3 is 5.97 Å². The van der Waals surface area contributed by atoms with Gasteiger partial charge in [-0.2, -0.15) is 0 Å². The molecule has 0 spiro atoms. The standard InChI is InChI=1S/C28H42O10/c1-27-9-8-14(29)10-13(27)4-5-15-16-6-7-17(28(16,2)11-18(30)20(15)27)19(31)12-37-26-23(34)21(32)22(33)24(38-26)25(35)36-3/h13-17,20-24,26,29,32-34H,4-12H2,1-3H3/t13-,14+,15-,16-,17+,20+,21+,22+,23-,24+,26-,27-,28-/m0/s1. The van der Waals surface area contributed by atoms with Crippen molar-refractivity contribution in [2.75, 3.05) is 13.7 Å². The molecule has 10 heteroatoms. The van der Waals surface area contributed by atoms with Crippen LogP contribution < -0.4 is 0 Å². The minimum Gasteiger partial charge on any atom is -0.467 e. The highest BCUT2D eigenvalue weighted by Gasteiger charge is 2.64. The first-order valence-corrected chi connectivity index (χ1v) is 14.0. The number of hydrogen-bond acceptors (Lipinski definition) is 10. The number of hydrogen-bond donors (Lipinski definition) is 4. The van der Waals surface area contributed by atoms with Gasteiger partial charge in [-0.05, 0) is 73.5 Å². The van der Waals surface area contributed by atoms with Crippen LogP contribution in [0.3, 0.4) is 0 Å². The molecule has 0 amide bonds. The fourth-order valence-electron chi connectivity index (χ4n) is 9.14. The maximum absolute atomic E-state index is 13.8. The van der Waals surface area contributed by atoms with Crippen molar-refractivity contribution in [2.24, 2.45) is 40.4 Å². The highest BCUT2D eigenvalue weighted by atomic mass is 16.7. The Labute approximate surface area is 223 Å².